The zero-order valence-electron chi connectivity index (χ0n) is 5.98. The van der Waals surface area contributed by atoms with Gasteiger partial charge in [0.2, 0.25) is 0 Å². The van der Waals surface area contributed by atoms with Gasteiger partial charge in [-0.2, -0.15) is 0 Å². The van der Waals surface area contributed by atoms with Gasteiger partial charge in [0.1, 0.15) is 0 Å². The summed E-state index contributed by atoms with van der Waals surface area (Å²) in [7, 11) is 0. The van der Waals surface area contributed by atoms with Gasteiger partial charge in [-0.05, 0) is 59.3 Å². The Kier molecular flexibility index (Phi) is 3.62. The summed E-state index contributed by atoms with van der Waals surface area (Å²) in [6, 6.07) is 5.87. The molecular formula is C8H9ClIN. The molecule has 1 nitrogen and oxygen atoms in total. The predicted molar refractivity (Wildman–Crippen MR) is 56.9 cm³/mol. The smallest absolute Gasteiger partial charge is 0.0409 e. The minimum Gasteiger partial charge on any atom is -0.330 e. The van der Waals surface area contributed by atoms with Crippen LogP contribution in [-0.2, 0) is 6.42 Å². The van der Waals surface area contributed by atoms with E-state index in [1.807, 2.05) is 18.2 Å². The highest BCUT2D eigenvalue weighted by atomic mass is 127. The second-order valence-corrected chi connectivity index (χ2v) is 3.87. The highest BCUT2D eigenvalue weighted by Crippen LogP contribution is 2.17. The lowest BCUT2D eigenvalue weighted by Gasteiger charge is -2.01. The highest BCUT2D eigenvalue weighted by molar-refractivity contribution is 14.1. The first kappa shape index (κ1) is 9.29. The fourth-order valence-corrected chi connectivity index (χ4v) is 1.69. The molecule has 3 heteroatoms. The Morgan fingerprint density at radius 2 is 2.18 bits per heavy atom. The van der Waals surface area contributed by atoms with E-state index in [9.17, 15) is 0 Å². The number of hydrogen-bond acceptors (Lipinski definition) is 1. The van der Waals surface area contributed by atoms with Gasteiger partial charge in [-0.15, -0.1) is 0 Å². The van der Waals surface area contributed by atoms with E-state index in [4.69, 9.17) is 17.3 Å². The Hall–Kier alpha value is 0.200. The van der Waals surface area contributed by atoms with Crippen LogP contribution in [0.5, 0.6) is 0 Å². The molecular weight excluding hydrogens is 272 g/mol. The van der Waals surface area contributed by atoms with E-state index in [0.29, 0.717) is 6.54 Å². The van der Waals surface area contributed by atoms with E-state index < -0.39 is 0 Å². The van der Waals surface area contributed by atoms with Crippen LogP contribution in [0.1, 0.15) is 5.56 Å². The first-order valence-corrected chi connectivity index (χ1v) is 4.83. The van der Waals surface area contributed by atoms with E-state index in [2.05, 4.69) is 22.6 Å². The van der Waals surface area contributed by atoms with Crippen molar-refractivity contribution in [2.45, 2.75) is 6.42 Å². The van der Waals surface area contributed by atoms with Crippen molar-refractivity contribution in [2.75, 3.05) is 6.54 Å². The third-order valence-electron chi connectivity index (χ3n) is 1.42. The molecule has 0 heterocycles. The van der Waals surface area contributed by atoms with Crippen LogP contribution < -0.4 is 5.73 Å². The molecule has 0 aliphatic carbocycles. The average molecular weight is 282 g/mol. The Bertz CT molecular complexity index is 250. The third kappa shape index (κ3) is 2.61. The van der Waals surface area contributed by atoms with Gasteiger partial charge in [0.15, 0.2) is 0 Å². The van der Waals surface area contributed by atoms with Gasteiger partial charge in [0, 0.05) is 8.59 Å². The molecule has 0 aliphatic rings. The maximum atomic E-state index is 5.81. The molecule has 0 bridgehead atoms. The van der Waals surface area contributed by atoms with E-state index in [1.54, 1.807) is 0 Å². The summed E-state index contributed by atoms with van der Waals surface area (Å²) in [6.45, 7) is 0.677. The minimum atomic E-state index is 0.677. The summed E-state index contributed by atoms with van der Waals surface area (Å²) in [4.78, 5) is 0. The van der Waals surface area contributed by atoms with Crippen LogP contribution in [0.15, 0.2) is 18.2 Å². The summed E-state index contributed by atoms with van der Waals surface area (Å²) in [6.07, 6.45) is 0.902. The van der Waals surface area contributed by atoms with Crippen LogP contribution in [0.4, 0.5) is 0 Å². The number of hydrogen-bond donors (Lipinski definition) is 1. The van der Waals surface area contributed by atoms with Crippen molar-refractivity contribution in [3.8, 4) is 0 Å². The topological polar surface area (TPSA) is 26.0 Å². The molecule has 1 rings (SSSR count). The van der Waals surface area contributed by atoms with E-state index >= 15 is 0 Å². The Balaban J connectivity index is 2.93. The van der Waals surface area contributed by atoms with Gasteiger partial charge in [-0.3, -0.25) is 0 Å². The van der Waals surface area contributed by atoms with Crippen LogP contribution in [0.25, 0.3) is 0 Å². The molecule has 0 atom stereocenters. The Morgan fingerprint density at radius 1 is 1.45 bits per heavy atom. The fourth-order valence-electron chi connectivity index (χ4n) is 0.890. The van der Waals surface area contributed by atoms with Gasteiger partial charge >= 0.3 is 0 Å². The molecule has 2 N–H and O–H groups in total. The first-order chi connectivity index (χ1) is 5.24. The number of halogens is 2. The molecule has 1 aromatic rings. The van der Waals surface area contributed by atoms with Crippen molar-refractivity contribution in [2.24, 2.45) is 5.73 Å². The van der Waals surface area contributed by atoms with Crippen LogP contribution >= 0.6 is 34.2 Å². The van der Waals surface area contributed by atoms with Crippen molar-refractivity contribution < 1.29 is 0 Å². The van der Waals surface area contributed by atoms with Gasteiger partial charge < -0.3 is 5.73 Å². The molecule has 0 amide bonds. The van der Waals surface area contributed by atoms with Crippen molar-refractivity contribution in [1.82, 2.24) is 0 Å². The van der Waals surface area contributed by atoms with Crippen LogP contribution in [0.2, 0.25) is 5.02 Å². The molecule has 11 heavy (non-hydrogen) atoms. The molecule has 60 valence electrons. The fraction of sp³-hybridized carbons (Fsp3) is 0.250. The summed E-state index contributed by atoms with van der Waals surface area (Å²) < 4.78 is 1.23. The highest BCUT2D eigenvalue weighted by Gasteiger charge is 1.98. The molecule has 0 fully saturated rings. The van der Waals surface area contributed by atoms with E-state index in [0.717, 1.165) is 11.4 Å². The standard InChI is InChI=1S/C8H9ClIN/c9-7-1-2-8(10)6(5-7)3-4-11/h1-2,5H,3-4,11H2. The van der Waals surface area contributed by atoms with Crippen molar-refractivity contribution in [1.29, 1.82) is 0 Å². The molecule has 0 radical (unpaired) electrons. The number of benzene rings is 1. The number of rotatable bonds is 2. The Labute approximate surface area is 85.1 Å². The third-order valence-corrected chi connectivity index (χ3v) is 2.71. The molecule has 1 aromatic carbocycles. The van der Waals surface area contributed by atoms with Gasteiger partial charge in [-0.1, -0.05) is 11.6 Å². The summed E-state index contributed by atoms with van der Waals surface area (Å²) in [5.41, 5.74) is 6.67. The molecule has 0 aromatic heterocycles. The lowest BCUT2D eigenvalue weighted by atomic mass is 10.2. The van der Waals surface area contributed by atoms with Crippen molar-refractivity contribution >= 4 is 34.2 Å². The lowest BCUT2D eigenvalue weighted by molar-refractivity contribution is 0.963. The largest absolute Gasteiger partial charge is 0.330 e. The monoisotopic (exact) mass is 281 g/mol. The van der Waals surface area contributed by atoms with E-state index in [1.165, 1.54) is 9.13 Å². The average Bonchev–Trinajstić information content (AvgIpc) is 1.98. The molecule has 0 saturated heterocycles. The normalized spacial score (nSPS) is 10.1. The number of nitrogens with two attached hydrogens (primary N) is 1. The predicted octanol–water partition coefficient (Wildman–Crippen LogP) is 2.45. The summed E-state index contributed by atoms with van der Waals surface area (Å²) in [5.74, 6) is 0. The molecule has 0 aliphatic heterocycles. The zero-order valence-corrected chi connectivity index (χ0v) is 8.89. The zero-order chi connectivity index (χ0) is 8.27. The molecule has 0 spiro atoms. The Morgan fingerprint density at radius 3 is 2.82 bits per heavy atom. The SMILES string of the molecule is NCCc1cc(Cl)ccc1I. The molecule has 0 unspecified atom stereocenters. The maximum absolute atomic E-state index is 5.81. The minimum absolute atomic E-state index is 0.677. The molecule has 0 saturated carbocycles. The van der Waals surface area contributed by atoms with E-state index in [-0.39, 0.29) is 0 Å². The summed E-state index contributed by atoms with van der Waals surface area (Å²) in [5, 5.41) is 0.786. The second kappa shape index (κ2) is 4.28. The second-order valence-electron chi connectivity index (χ2n) is 2.27. The van der Waals surface area contributed by atoms with Crippen molar-refractivity contribution in [3.63, 3.8) is 0 Å². The first-order valence-electron chi connectivity index (χ1n) is 3.38. The van der Waals surface area contributed by atoms with Crippen LogP contribution in [0, 0.1) is 3.57 Å². The van der Waals surface area contributed by atoms with Crippen molar-refractivity contribution in [3.05, 3.63) is 32.4 Å². The van der Waals surface area contributed by atoms with Gasteiger partial charge in [0.05, 0.1) is 0 Å². The quantitative estimate of drug-likeness (QED) is 0.828. The summed E-state index contributed by atoms with van der Waals surface area (Å²) >= 11 is 8.09. The lowest BCUT2D eigenvalue weighted by Crippen LogP contribution is -2.03. The maximum Gasteiger partial charge on any atom is 0.0409 e. The van der Waals surface area contributed by atoms with Gasteiger partial charge in [-0.25, -0.2) is 0 Å². The van der Waals surface area contributed by atoms with Crippen LogP contribution in [-0.4, -0.2) is 6.54 Å². The van der Waals surface area contributed by atoms with Crippen LogP contribution in [0.3, 0.4) is 0 Å². The van der Waals surface area contributed by atoms with Gasteiger partial charge in [0.25, 0.3) is 0 Å².